The van der Waals surface area contributed by atoms with Gasteiger partial charge < -0.3 is 5.32 Å². The van der Waals surface area contributed by atoms with Crippen LogP contribution in [0.2, 0.25) is 5.02 Å². The Bertz CT molecular complexity index is 815. The van der Waals surface area contributed by atoms with Gasteiger partial charge in [-0.2, -0.15) is 0 Å². The van der Waals surface area contributed by atoms with E-state index in [2.05, 4.69) is 29.6 Å². The Hall–Kier alpha value is -2.23. The van der Waals surface area contributed by atoms with Crippen LogP contribution in [0.1, 0.15) is 21.9 Å². The molecule has 1 N–H and O–H groups in total. The van der Waals surface area contributed by atoms with Gasteiger partial charge in [0.1, 0.15) is 0 Å². The summed E-state index contributed by atoms with van der Waals surface area (Å²) in [6.45, 7) is 0.612. The molecule has 1 amide bonds. The Morgan fingerprint density at radius 1 is 0.889 bits per heavy atom. The summed E-state index contributed by atoms with van der Waals surface area (Å²) in [7, 11) is 0. The third-order valence-electron chi connectivity index (χ3n) is 4.21. The number of hydrogen-bond donors (Lipinski definition) is 1. The molecule has 3 rings (SSSR count). The maximum Gasteiger partial charge on any atom is 0.230 e. The number of rotatable bonds is 8. The summed E-state index contributed by atoms with van der Waals surface area (Å²) in [4.78, 5) is 12.3. The number of carbonyl (C=O) groups is 1. The summed E-state index contributed by atoms with van der Waals surface area (Å²) in [5, 5.41) is 3.88. The lowest BCUT2D eigenvalue weighted by Gasteiger charge is -2.17. The van der Waals surface area contributed by atoms with E-state index in [0.717, 1.165) is 17.0 Å². The molecule has 0 aliphatic carbocycles. The van der Waals surface area contributed by atoms with Crippen LogP contribution in [0, 0.1) is 0 Å². The summed E-state index contributed by atoms with van der Waals surface area (Å²) < 4.78 is 0. The summed E-state index contributed by atoms with van der Waals surface area (Å²) in [6, 6.07) is 28.4. The van der Waals surface area contributed by atoms with Crippen molar-refractivity contribution in [2.45, 2.75) is 11.7 Å². The number of halogens is 1. The predicted molar refractivity (Wildman–Crippen MR) is 115 cm³/mol. The first kappa shape index (κ1) is 19.5. The second-order valence-electron chi connectivity index (χ2n) is 6.24. The minimum atomic E-state index is 0.0545. The normalized spacial score (nSPS) is 10.7. The zero-order valence-electron chi connectivity index (χ0n) is 15.0. The maximum absolute atomic E-state index is 12.3. The Kier molecular flexibility index (Phi) is 7.37. The number of thioether (sulfide) groups is 1. The molecule has 4 heteroatoms. The molecule has 138 valence electrons. The summed E-state index contributed by atoms with van der Waals surface area (Å²) in [5.74, 6) is 0.475. The van der Waals surface area contributed by atoms with E-state index in [1.54, 1.807) is 11.8 Å². The van der Waals surface area contributed by atoms with Crippen molar-refractivity contribution in [3.05, 3.63) is 107 Å². The van der Waals surface area contributed by atoms with E-state index >= 15 is 0 Å². The molecule has 0 saturated heterocycles. The van der Waals surface area contributed by atoms with E-state index in [4.69, 9.17) is 11.6 Å². The van der Waals surface area contributed by atoms with E-state index < -0.39 is 0 Å². The van der Waals surface area contributed by atoms with E-state index in [-0.39, 0.29) is 11.2 Å². The van der Waals surface area contributed by atoms with Gasteiger partial charge in [0.25, 0.3) is 0 Å². The average Bonchev–Trinajstić information content (AvgIpc) is 2.70. The van der Waals surface area contributed by atoms with E-state index in [1.165, 1.54) is 11.1 Å². The van der Waals surface area contributed by atoms with Crippen LogP contribution in [-0.2, 0) is 11.2 Å². The molecule has 0 spiro atoms. The van der Waals surface area contributed by atoms with Crippen molar-refractivity contribution in [1.29, 1.82) is 0 Å². The van der Waals surface area contributed by atoms with Crippen LogP contribution in [0.3, 0.4) is 0 Å². The first-order valence-electron chi connectivity index (χ1n) is 8.95. The number of benzene rings is 3. The fourth-order valence-corrected chi connectivity index (χ4v) is 4.22. The molecule has 0 radical (unpaired) electrons. The van der Waals surface area contributed by atoms with Crippen molar-refractivity contribution < 1.29 is 4.79 Å². The van der Waals surface area contributed by atoms with Gasteiger partial charge in [-0.15, -0.1) is 11.8 Å². The molecule has 0 fully saturated rings. The summed E-state index contributed by atoms with van der Waals surface area (Å²) in [6.07, 6.45) is 0.776. The van der Waals surface area contributed by atoms with Crippen molar-refractivity contribution in [3.63, 3.8) is 0 Å². The molecule has 3 aromatic rings. The van der Waals surface area contributed by atoms with Gasteiger partial charge in [0, 0.05) is 11.6 Å². The lowest BCUT2D eigenvalue weighted by Crippen LogP contribution is -2.27. The molecule has 3 aromatic carbocycles. The number of carbonyl (C=O) groups excluding carboxylic acids is 1. The van der Waals surface area contributed by atoms with Crippen molar-refractivity contribution in [3.8, 4) is 0 Å². The smallest absolute Gasteiger partial charge is 0.230 e. The van der Waals surface area contributed by atoms with Gasteiger partial charge in [-0.3, -0.25) is 4.79 Å². The topological polar surface area (TPSA) is 29.1 Å². The van der Waals surface area contributed by atoms with Crippen LogP contribution in [0.4, 0.5) is 0 Å². The fraction of sp³-hybridized carbons (Fsp3) is 0.174. The third kappa shape index (κ3) is 6.16. The Labute approximate surface area is 170 Å². The summed E-state index contributed by atoms with van der Waals surface area (Å²) in [5.41, 5.74) is 3.54. The van der Waals surface area contributed by atoms with Gasteiger partial charge >= 0.3 is 0 Å². The molecule has 0 aliphatic heterocycles. The van der Waals surface area contributed by atoms with Crippen LogP contribution in [0.25, 0.3) is 0 Å². The molecule has 0 aromatic heterocycles. The van der Waals surface area contributed by atoms with Crippen LogP contribution in [-0.4, -0.2) is 18.2 Å². The zero-order chi connectivity index (χ0) is 18.9. The monoisotopic (exact) mass is 395 g/mol. The molecule has 0 bridgehead atoms. The van der Waals surface area contributed by atoms with Crippen LogP contribution in [0.15, 0.2) is 84.9 Å². The highest BCUT2D eigenvalue weighted by Gasteiger charge is 2.16. The van der Waals surface area contributed by atoms with Gasteiger partial charge in [0.15, 0.2) is 0 Å². The van der Waals surface area contributed by atoms with Crippen molar-refractivity contribution in [2.24, 2.45) is 0 Å². The number of nitrogens with one attached hydrogen (secondary N) is 1. The molecule has 2 nitrogen and oxygen atoms in total. The Morgan fingerprint density at radius 3 is 2.11 bits per heavy atom. The Balaban J connectivity index is 1.54. The predicted octanol–water partition coefficient (Wildman–Crippen LogP) is 5.52. The number of hydrogen-bond acceptors (Lipinski definition) is 2. The lowest BCUT2D eigenvalue weighted by atomic mass is 10.0. The summed E-state index contributed by atoms with van der Waals surface area (Å²) >= 11 is 7.65. The number of amides is 1. The van der Waals surface area contributed by atoms with Crippen LogP contribution in [0.5, 0.6) is 0 Å². The highest BCUT2D eigenvalue weighted by atomic mass is 35.5. The lowest BCUT2D eigenvalue weighted by molar-refractivity contribution is -0.118. The SMILES string of the molecule is O=C(CSC(c1ccccc1)c1ccccc1)NCCc1cccc(Cl)c1. The second kappa shape index (κ2) is 10.2. The molecule has 0 atom stereocenters. The average molecular weight is 396 g/mol. The molecular formula is C23H22ClNOS. The quantitative estimate of drug-likeness (QED) is 0.544. The largest absolute Gasteiger partial charge is 0.355 e. The van der Waals surface area contributed by atoms with E-state index in [0.29, 0.717) is 12.3 Å². The first-order chi connectivity index (χ1) is 13.2. The minimum absolute atomic E-state index is 0.0545. The standard InChI is InChI=1S/C23H22ClNOS/c24-21-13-7-8-18(16-21)14-15-25-22(26)17-27-23(19-9-3-1-4-10-19)20-11-5-2-6-12-20/h1-13,16,23H,14-15,17H2,(H,25,26). The molecule has 27 heavy (non-hydrogen) atoms. The molecule has 0 unspecified atom stereocenters. The van der Waals surface area contributed by atoms with Gasteiger partial charge in [0.2, 0.25) is 5.91 Å². The highest BCUT2D eigenvalue weighted by molar-refractivity contribution is 8.00. The van der Waals surface area contributed by atoms with Gasteiger partial charge in [-0.1, -0.05) is 84.4 Å². The fourth-order valence-electron chi connectivity index (χ4n) is 2.89. The van der Waals surface area contributed by atoms with Crippen LogP contribution < -0.4 is 5.32 Å². The maximum atomic E-state index is 12.3. The van der Waals surface area contributed by atoms with Crippen molar-refractivity contribution in [1.82, 2.24) is 5.32 Å². The van der Waals surface area contributed by atoms with Crippen molar-refractivity contribution >= 4 is 29.3 Å². The second-order valence-corrected chi connectivity index (χ2v) is 7.77. The van der Waals surface area contributed by atoms with Gasteiger partial charge in [0.05, 0.1) is 11.0 Å². The molecule has 0 aliphatic rings. The zero-order valence-corrected chi connectivity index (χ0v) is 16.5. The molecular weight excluding hydrogens is 374 g/mol. The molecule has 0 heterocycles. The van der Waals surface area contributed by atoms with Gasteiger partial charge in [-0.05, 0) is 35.2 Å². The third-order valence-corrected chi connectivity index (χ3v) is 5.75. The minimum Gasteiger partial charge on any atom is -0.355 e. The van der Waals surface area contributed by atoms with Crippen molar-refractivity contribution in [2.75, 3.05) is 12.3 Å². The van der Waals surface area contributed by atoms with E-state index in [1.807, 2.05) is 60.7 Å². The Morgan fingerprint density at radius 2 is 1.52 bits per heavy atom. The first-order valence-corrected chi connectivity index (χ1v) is 10.4. The van der Waals surface area contributed by atoms with Gasteiger partial charge in [-0.25, -0.2) is 0 Å². The van der Waals surface area contributed by atoms with E-state index in [9.17, 15) is 4.79 Å². The molecule has 0 saturated carbocycles. The highest BCUT2D eigenvalue weighted by Crippen LogP contribution is 2.35. The van der Waals surface area contributed by atoms with Crippen LogP contribution >= 0.6 is 23.4 Å².